The van der Waals surface area contributed by atoms with Crippen molar-refractivity contribution in [3.8, 4) is 17.2 Å². The number of phenolic OH excluding ortho intramolecular Hbond substituents is 2. The summed E-state index contributed by atoms with van der Waals surface area (Å²) in [5.74, 6) is -7.50. The first-order chi connectivity index (χ1) is 36.3. The van der Waals surface area contributed by atoms with Crippen LogP contribution in [-0.4, -0.2) is 100 Å². The van der Waals surface area contributed by atoms with Crippen LogP contribution in [0, 0.1) is 17.8 Å². The molecular weight excluding hydrogens is 973 g/mol. The van der Waals surface area contributed by atoms with Crippen molar-refractivity contribution in [1.29, 1.82) is 0 Å². The van der Waals surface area contributed by atoms with Gasteiger partial charge in [-0.05, 0) is 116 Å². The van der Waals surface area contributed by atoms with Crippen molar-refractivity contribution in [3.05, 3.63) is 106 Å². The summed E-state index contributed by atoms with van der Waals surface area (Å²) in [6.45, 7) is 5.58. The van der Waals surface area contributed by atoms with E-state index in [0.29, 0.717) is 36.0 Å². The summed E-state index contributed by atoms with van der Waals surface area (Å²) in [7, 11) is 0. The number of benzene rings is 4. The molecule has 76 heavy (non-hydrogen) atoms. The fraction of sp³-hybridized carbons (Fsp3) is 0.455. The van der Waals surface area contributed by atoms with Crippen molar-refractivity contribution in [2.24, 2.45) is 52.2 Å². The number of hydrogen-bond acceptors (Lipinski definition) is 15. The van der Waals surface area contributed by atoms with Crippen molar-refractivity contribution in [2.75, 3.05) is 16.0 Å². The van der Waals surface area contributed by atoms with Gasteiger partial charge in [-0.2, -0.15) is 0 Å². The van der Waals surface area contributed by atoms with Gasteiger partial charge < -0.3 is 81.3 Å². The number of carbonyl (C=O) groups is 6. The molecule has 3 fully saturated rings. The molecule has 21 heteroatoms. The van der Waals surface area contributed by atoms with E-state index in [9.17, 15) is 39.0 Å². The number of anilines is 3. The summed E-state index contributed by atoms with van der Waals surface area (Å²) in [6, 6.07) is 12.0. The first-order valence-electron chi connectivity index (χ1n) is 26.2. The molecule has 4 aromatic carbocycles. The lowest BCUT2D eigenvalue weighted by atomic mass is 9.78. The predicted molar refractivity (Wildman–Crippen MR) is 287 cm³/mol. The molecule has 6 amide bonds. The third kappa shape index (κ3) is 11.9. The van der Waals surface area contributed by atoms with Gasteiger partial charge in [-0.15, -0.1) is 0 Å². The number of phenols is 2. The molecule has 1 unspecified atom stereocenters. The molecule has 0 spiro atoms. The minimum absolute atomic E-state index is 0.00114. The average Bonchev–Trinajstić information content (AvgIpc) is 3.38. The van der Waals surface area contributed by atoms with Crippen molar-refractivity contribution in [3.63, 3.8) is 0 Å². The standard InChI is InChI=1S/C55H72N12O9/c1-4-25-12-32-47(68)45(16-25)66-51(71)30-19-43(40(61)22-36(30)57)64-55(75)34-14-27(6-3)17-46(49(34)76-24-28-10-8-7-9-11-28)67-52(72)31-20-42(39(60)23-37(31)58)63-54(74)33-13-26(5-2)15-44(48(33)69)65-50(70)29-18-41(62-53(32)73)38(59)21-35(29)56/h7-17,29-31,35-43,68-69H,4-6,18-24,56-61H2,1-3H3,(H,62,73)(H,63,74)(H,64,75)(H,65,70)(H,66,71)(H,67,72)/t29-,30-,31?,35-,36-,37-,38+,39+,40+,41+,42+,43+/m1/s1. The van der Waals surface area contributed by atoms with Crippen molar-refractivity contribution < 1.29 is 43.7 Å². The number of nitrogens with two attached hydrogens (primary N) is 6. The molecule has 0 saturated heterocycles. The zero-order valence-corrected chi connectivity index (χ0v) is 43.1. The van der Waals surface area contributed by atoms with Gasteiger partial charge in [-0.25, -0.2) is 0 Å². The van der Waals surface area contributed by atoms with Gasteiger partial charge in [-0.1, -0.05) is 51.1 Å². The van der Waals surface area contributed by atoms with Gasteiger partial charge in [0, 0.05) is 54.4 Å². The van der Waals surface area contributed by atoms with E-state index in [2.05, 4.69) is 31.9 Å². The molecule has 4 aromatic rings. The van der Waals surface area contributed by atoms with Gasteiger partial charge in [0.05, 0.1) is 51.5 Å². The van der Waals surface area contributed by atoms with E-state index in [1.54, 1.807) is 24.3 Å². The summed E-state index contributed by atoms with van der Waals surface area (Å²) >= 11 is 0. The average molecular weight is 1050 g/mol. The molecule has 1 heterocycles. The first kappa shape index (κ1) is 55.1. The summed E-state index contributed by atoms with van der Waals surface area (Å²) in [4.78, 5) is 86.2. The molecular formula is C55H72N12O9. The lowest BCUT2D eigenvalue weighted by molar-refractivity contribution is -0.122. The summed E-state index contributed by atoms with van der Waals surface area (Å²) < 4.78 is 6.45. The lowest BCUT2D eigenvalue weighted by Gasteiger charge is -2.38. The van der Waals surface area contributed by atoms with Crippen LogP contribution < -0.4 is 71.0 Å². The number of hydrogen-bond donors (Lipinski definition) is 14. The number of rotatable bonds is 6. The molecule has 12 atom stereocenters. The largest absolute Gasteiger partial charge is 0.505 e. The maximum atomic E-state index is 14.7. The first-order valence-corrected chi connectivity index (χ1v) is 26.2. The molecule has 3 aliphatic carbocycles. The normalized spacial score (nSPS) is 28.6. The van der Waals surface area contributed by atoms with Gasteiger partial charge >= 0.3 is 0 Å². The van der Waals surface area contributed by atoms with Gasteiger partial charge in [-0.3, -0.25) is 28.8 Å². The van der Waals surface area contributed by atoms with Gasteiger partial charge in [0.25, 0.3) is 17.7 Å². The van der Waals surface area contributed by atoms with Crippen LogP contribution >= 0.6 is 0 Å². The summed E-state index contributed by atoms with van der Waals surface area (Å²) in [5, 5.41) is 40.7. The fourth-order valence-corrected chi connectivity index (χ4v) is 11.0. The minimum Gasteiger partial charge on any atom is -0.505 e. The second-order valence-electron chi connectivity index (χ2n) is 20.9. The Labute approximate surface area is 441 Å². The van der Waals surface area contributed by atoms with Crippen LogP contribution in [0.2, 0.25) is 0 Å². The second kappa shape index (κ2) is 23.4. The van der Waals surface area contributed by atoms with Gasteiger partial charge in [0.15, 0.2) is 17.2 Å². The van der Waals surface area contributed by atoms with Gasteiger partial charge in [0.2, 0.25) is 17.7 Å². The van der Waals surface area contributed by atoms with Crippen LogP contribution in [0.3, 0.4) is 0 Å². The minimum atomic E-state index is -0.936. The molecule has 20 N–H and O–H groups in total. The van der Waals surface area contributed by atoms with Gasteiger partial charge in [0.1, 0.15) is 6.61 Å². The highest BCUT2D eigenvalue weighted by Crippen LogP contribution is 2.38. The number of fused-ring (bicyclic) bond motifs is 12. The van der Waals surface area contributed by atoms with Crippen LogP contribution in [0.5, 0.6) is 17.2 Å². The summed E-state index contributed by atoms with van der Waals surface area (Å²) in [6.07, 6.45) is 1.63. The van der Waals surface area contributed by atoms with Crippen LogP contribution in [0.25, 0.3) is 0 Å². The summed E-state index contributed by atoms with van der Waals surface area (Å²) in [5.41, 5.74) is 42.2. The topological polar surface area (TPSA) is 380 Å². The zero-order chi connectivity index (χ0) is 54.7. The Kier molecular flexibility index (Phi) is 17.0. The second-order valence-corrected chi connectivity index (χ2v) is 20.9. The van der Waals surface area contributed by atoms with Crippen molar-refractivity contribution in [1.82, 2.24) is 16.0 Å². The quantitative estimate of drug-likeness (QED) is 0.123. The molecule has 1 aliphatic heterocycles. The van der Waals surface area contributed by atoms with E-state index >= 15 is 0 Å². The Morgan fingerprint density at radius 2 is 0.789 bits per heavy atom. The van der Waals surface area contributed by atoms with Crippen molar-refractivity contribution in [2.45, 2.75) is 140 Å². The SMILES string of the molecule is CCc1cc2c(O)c(c1)C(=O)N[C@H]1CC(C(=O)Nc3cc(CC)cc(c3OCc3ccccc3)C(=O)N[C@H]3C[C@@H](C(=O)Nc4cc(CC)cc(c4O)C(=O)N[C@H]4C[C@@H](C(=O)N2)[C@H](N)C[C@@H]4N)[C@H](N)C[C@@H]3N)[C@H](N)C[C@@H]1N. The Morgan fingerprint density at radius 3 is 1.17 bits per heavy atom. The Balaban J connectivity index is 1.19. The maximum absolute atomic E-state index is 14.7. The fourth-order valence-electron chi connectivity index (χ4n) is 11.0. The molecule has 406 valence electrons. The molecule has 8 rings (SSSR count). The van der Waals surface area contributed by atoms with Crippen molar-refractivity contribution >= 4 is 52.5 Å². The smallest absolute Gasteiger partial charge is 0.255 e. The molecule has 4 aliphatic rings. The predicted octanol–water partition coefficient (Wildman–Crippen LogP) is 2.08. The number of nitrogens with one attached hydrogen (secondary N) is 6. The zero-order valence-electron chi connectivity index (χ0n) is 43.1. The Morgan fingerprint density at radius 1 is 0.447 bits per heavy atom. The third-order valence-corrected chi connectivity index (χ3v) is 15.7. The highest BCUT2D eigenvalue weighted by molar-refractivity contribution is 6.05. The van der Waals surface area contributed by atoms with E-state index in [1.807, 2.05) is 51.1 Å². The monoisotopic (exact) mass is 1040 g/mol. The van der Waals surface area contributed by atoms with E-state index in [-0.39, 0.29) is 84.6 Å². The highest BCUT2D eigenvalue weighted by Gasteiger charge is 2.43. The third-order valence-electron chi connectivity index (χ3n) is 15.7. The van der Waals surface area contributed by atoms with E-state index in [1.165, 1.54) is 12.1 Å². The maximum Gasteiger partial charge on any atom is 0.255 e. The Bertz CT molecular complexity index is 2870. The van der Waals surface area contributed by atoms with Crippen LogP contribution in [-0.2, 0) is 40.3 Å². The van der Waals surface area contributed by atoms with E-state index in [4.69, 9.17) is 39.1 Å². The van der Waals surface area contributed by atoms with Crippen LogP contribution in [0.4, 0.5) is 17.1 Å². The molecule has 3 saturated carbocycles. The van der Waals surface area contributed by atoms with E-state index in [0.717, 1.165) is 5.56 Å². The van der Waals surface area contributed by atoms with Crippen LogP contribution in [0.1, 0.15) is 113 Å². The molecule has 12 bridgehead atoms. The number of carbonyl (C=O) groups excluding carboxylic acids is 6. The number of aryl methyl sites for hydroxylation is 3. The lowest BCUT2D eigenvalue weighted by Crippen LogP contribution is -2.58. The highest BCUT2D eigenvalue weighted by atomic mass is 16.5. The van der Waals surface area contributed by atoms with E-state index < -0.39 is 119 Å². The number of ether oxygens (including phenoxy) is 1. The molecule has 0 aromatic heterocycles. The molecule has 0 radical (unpaired) electrons. The number of amides is 6. The molecule has 21 nitrogen and oxygen atoms in total. The Hall–Kier alpha value is -7.14. The number of aromatic hydroxyl groups is 2. The van der Waals surface area contributed by atoms with Crippen LogP contribution in [0.15, 0.2) is 66.7 Å².